The smallest absolute Gasteiger partial charge is 0.234 e. The summed E-state index contributed by atoms with van der Waals surface area (Å²) in [6.45, 7) is 0.359. The van der Waals surface area contributed by atoms with Crippen molar-refractivity contribution in [2.24, 2.45) is 0 Å². The zero-order chi connectivity index (χ0) is 13.2. The Hall–Kier alpha value is -0.960. The monoisotopic (exact) mass is 306 g/mol. The van der Waals surface area contributed by atoms with Crippen LogP contribution in [0.25, 0.3) is 11.0 Å². The van der Waals surface area contributed by atoms with E-state index in [1.165, 1.54) is 0 Å². The number of halogens is 1. The van der Waals surface area contributed by atoms with Gasteiger partial charge in [-0.1, -0.05) is 11.6 Å². The minimum absolute atomic E-state index is 0.0339. The molecule has 0 bridgehead atoms. The third-order valence-electron chi connectivity index (χ3n) is 2.26. The van der Waals surface area contributed by atoms with Crippen LogP contribution >= 0.6 is 23.3 Å². The van der Waals surface area contributed by atoms with Crippen molar-refractivity contribution in [3.05, 3.63) is 17.2 Å². The van der Waals surface area contributed by atoms with Crippen LogP contribution in [0.4, 0.5) is 5.69 Å². The molecule has 1 heterocycles. The highest BCUT2D eigenvalue weighted by atomic mass is 35.5. The summed E-state index contributed by atoms with van der Waals surface area (Å²) in [6, 6.07) is 3.30. The summed E-state index contributed by atoms with van der Waals surface area (Å²) in [7, 11) is -1.76. The molecule has 0 fully saturated rings. The second-order valence-corrected chi connectivity index (χ2v) is 6.36. The van der Waals surface area contributed by atoms with Gasteiger partial charge in [-0.15, -0.1) is 0 Å². The Kier molecular flexibility index (Phi) is 4.00. The highest BCUT2D eigenvalue weighted by Crippen LogP contribution is 2.30. The second-order valence-electron chi connectivity index (χ2n) is 3.58. The first-order valence-corrected chi connectivity index (χ1v) is 7.85. The van der Waals surface area contributed by atoms with Gasteiger partial charge in [0.25, 0.3) is 0 Å². The van der Waals surface area contributed by atoms with Crippen LogP contribution < -0.4 is 10.0 Å². The highest BCUT2D eigenvalue weighted by Gasteiger charge is 2.16. The van der Waals surface area contributed by atoms with Crippen LogP contribution in [0.5, 0.6) is 0 Å². The molecule has 18 heavy (non-hydrogen) atoms. The van der Waals surface area contributed by atoms with Gasteiger partial charge in [-0.05, 0) is 19.2 Å². The number of sulfonamides is 1. The van der Waals surface area contributed by atoms with E-state index in [0.717, 1.165) is 11.7 Å². The maximum absolute atomic E-state index is 11.8. The number of fused-ring (bicyclic) bond motifs is 1. The molecule has 0 saturated carbocycles. The highest BCUT2D eigenvalue weighted by molar-refractivity contribution is 7.92. The first kappa shape index (κ1) is 13.5. The van der Waals surface area contributed by atoms with Crippen molar-refractivity contribution in [1.29, 1.82) is 0 Å². The lowest BCUT2D eigenvalue weighted by atomic mass is 10.3. The van der Waals surface area contributed by atoms with E-state index >= 15 is 0 Å². The van der Waals surface area contributed by atoms with E-state index < -0.39 is 10.0 Å². The zero-order valence-electron chi connectivity index (χ0n) is 9.47. The Balaban J connectivity index is 2.36. The Bertz CT molecular complexity index is 656. The summed E-state index contributed by atoms with van der Waals surface area (Å²) < 4.78 is 34.2. The summed E-state index contributed by atoms with van der Waals surface area (Å²) >= 11 is 7.01. The summed E-state index contributed by atoms with van der Waals surface area (Å²) in [4.78, 5) is 0. The Morgan fingerprint density at radius 2 is 2.17 bits per heavy atom. The van der Waals surface area contributed by atoms with E-state index in [1.54, 1.807) is 19.2 Å². The van der Waals surface area contributed by atoms with Crippen molar-refractivity contribution in [3.8, 4) is 0 Å². The summed E-state index contributed by atoms with van der Waals surface area (Å²) in [6.07, 6.45) is 0. The third kappa shape index (κ3) is 2.89. The molecule has 2 aromatic rings. The molecule has 0 unspecified atom stereocenters. The number of benzene rings is 1. The Morgan fingerprint density at radius 3 is 2.89 bits per heavy atom. The van der Waals surface area contributed by atoms with E-state index in [2.05, 4.69) is 18.8 Å². The number of anilines is 1. The fraction of sp³-hybridized carbons (Fsp3) is 0.333. The molecule has 0 aliphatic heterocycles. The standard InChI is InChI=1S/C9H11ClN4O2S2/c1-11-4-5-18(15,16)14-8-6(10)2-3-7-9(8)13-17-12-7/h2-3,11,14H,4-5H2,1H3. The topological polar surface area (TPSA) is 84.0 Å². The lowest BCUT2D eigenvalue weighted by molar-refractivity contribution is 0.599. The van der Waals surface area contributed by atoms with Crippen molar-refractivity contribution in [3.63, 3.8) is 0 Å². The molecule has 0 atom stereocenters. The summed E-state index contributed by atoms with van der Waals surface area (Å²) in [5.41, 5.74) is 1.38. The summed E-state index contributed by atoms with van der Waals surface area (Å²) in [5, 5.41) is 3.09. The molecule has 9 heteroatoms. The van der Waals surface area contributed by atoms with Crippen LogP contribution in [0, 0.1) is 0 Å². The second kappa shape index (κ2) is 5.35. The lowest BCUT2D eigenvalue weighted by Crippen LogP contribution is -2.24. The molecule has 0 amide bonds. The van der Waals surface area contributed by atoms with E-state index in [-0.39, 0.29) is 5.75 Å². The van der Waals surface area contributed by atoms with E-state index in [9.17, 15) is 8.42 Å². The SMILES string of the molecule is CNCCS(=O)(=O)Nc1c(Cl)ccc2nsnc12. The maximum atomic E-state index is 11.8. The normalized spacial score (nSPS) is 11.9. The predicted molar refractivity (Wildman–Crippen MR) is 73.8 cm³/mol. The van der Waals surface area contributed by atoms with Gasteiger partial charge < -0.3 is 5.32 Å². The van der Waals surface area contributed by atoms with Gasteiger partial charge in [0.05, 0.1) is 28.2 Å². The van der Waals surface area contributed by atoms with Gasteiger partial charge in [0.2, 0.25) is 10.0 Å². The number of aromatic nitrogens is 2. The van der Waals surface area contributed by atoms with E-state index in [0.29, 0.717) is 28.3 Å². The number of nitrogens with zero attached hydrogens (tertiary/aromatic N) is 2. The van der Waals surface area contributed by atoms with Crippen molar-refractivity contribution >= 4 is 50.1 Å². The molecular weight excluding hydrogens is 296 g/mol. The van der Waals surface area contributed by atoms with Crippen molar-refractivity contribution in [2.45, 2.75) is 0 Å². The molecule has 0 saturated heterocycles. The van der Waals surface area contributed by atoms with Gasteiger partial charge in [-0.3, -0.25) is 4.72 Å². The van der Waals surface area contributed by atoms with Gasteiger partial charge in [0.1, 0.15) is 11.0 Å². The fourth-order valence-corrected chi connectivity index (χ4v) is 3.26. The summed E-state index contributed by atoms with van der Waals surface area (Å²) in [5.74, 6) is -0.0339. The molecule has 98 valence electrons. The third-order valence-corrected chi connectivity index (χ3v) is 4.37. The average Bonchev–Trinajstić information content (AvgIpc) is 2.79. The maximum Gasteiger partial charge on any atom is 0.234 e. The zero-order valence-corrected chi connectivity index (χ0v) is 11.9. The van der Waals surface area contributed by atoms with E-state index in [4.69, 9.17) is 11.6 Å². The number of rotatable bonds is 5. The number of hydrogen-bond acceptors (Lipinski definition) is 6. The average molecular weight is 307 g/mol. The van der Waals surface area contributed by atoms with Crippen LogP contribution in [0.3, 0.4) is 0 Å². The predicted octanol–water partition coefficient (Wildman–Crippen LogP) is 1.31. The minimum Gasteiger partial charge on any atom is -0.319 e. The van der Waals surface area contributed by atoms with Crippen molar-refractivity contribution < 1.29 is 8.42 Å². The van der Waals surface area contributed by atoms with Crippen LogP contribution in [0.2, 0.25) is 5.02 Å². The minimum atomic E-state index is -3.45. The molecule has 0 radical (unpaired) electrons. The van der Waals surface area contributed by atoms with Gasteiger partial charge >= 0.3 is 0 Å². The first-order chi connectivity index (χ1) is 8.53. The van der Waals surface area contributed by atoms with Gasteiger partial charge in [-0.25, -0.2) is 8.42 Å². The molecule has 1 aromatic heterocycles. The molecule has 1 aromatic carbocycles. The van der Waals surface area contributed by atoms with Crippen LogP contribution in [-0.4, -0.2) is 36.5 Å². The van der Waals surface area contributed by atoms with Crippen LogP contribution in [0.1, 0.15) is 0 Å². The van der Waals surface area contributed by atoms with Crippen LogP contribution in [-0.2, 0) is 10.0 Å². The largest absolute Gasteiger partial charge is 0.319 e. The van der Waals surface area contributed by atoms with E-state index in [1.807, 2.05) is 0 Å². The molecule has 6 nitrogen and oxygen atoms in total. The Labute approximate surface area is 114 Å². The van der Waals surface area contributed by atoms with Gasteiger partial charge in [-0.2, -0.15) is 8.75 Å². The van der Waals surface area contributed by atoms with Gasteiger partial charge in [0.15, 0.2) is 0 Å². The molecule has 2 rings (SSSR count). The quantitative estimate of drug-likeness (QED) is 0.870. The molecule has 2 N–H and O–H groups in total. The number of hydrogen-bond donors (Lipinski definition) is 2. The molecule has 0 spiro atoms. The van der Waals surface area contributed by atoms with Crippen molar-refractivity contribution in [1.82, 2.24) is 14.1 Å². The molecule has 0 aliphatic rings. The van der Waals surface area contributed by atoms with Crippen molar-refractivity contribution in [2.75, 3.05) is 24.1 Å². The number of nitrogens with one attached hydrogen (secondary N) is 2. The fourth-order valence-electron chi connectivity index (χ4n) is 1.37. The Morgan fingerprint density at radius 1 is 1.39 bits per heavy atom. The lowest BCUT2D eigenvalue weighted by Gasteiger charge is -2.09. The van der Waals surface area contributed by atoms with Crippen LogP contribution in [0.15, 0.2) is 12.1 Å². The first-order valence-electron chi connectivity index (χ1n) is 5.09. The van der Waals surface area contributed by atoms with Gasteiger partial charge in [0, 0.05) is 6.54 Å². The molecular formula is C9H11ClN4O2S2. The molecule has 0 aliphatic carbocycles.